The van der Waals surface area contributed by atoms with Crippen LogP contribution >= 0.6 is 0 Å². The van der Waals surface area contributed by atoms with E-state index < -0.39 is 23.9 Å². The third-order valence-electron chi connectivity index (χ3n) is 4.98. The van der Waals surface area contributed by atoms with E-state index >= 15 is 0 Å². The zero-order chi connectivity index (χ0) is 27.7. The highest BCUT2D eigenvalue weighted by Gasteiger charge is 2.25. The van der Waals surface area contributed by atoms with Crippen molar-refractivity contribution in [2.75, 3.05) is 0 Å². The Morgan fingerprint density at radius 1 is 0.611 bits per heavy atom. The lowest BCUT2D eigenvalue weighted by molar-refractivity contribution is 0.0328. The van der Waals surface area contributed by atoms with Crippen molar-refractivity contribution in [1.29, 1.82) is 0 Å². The predicted molar refractivity (Wildman–Crippen MR) is 136 cm³/mol. The summed E-state index contributed by atoms with van der Waals surface area (Å²) in [4.78, 5) is 46.2. The van der Waals surface area contributed by atoms with Crippen LogP contribution in [0.3, 0.4) is 0 Å². The van der Waals surface area contributed by atoms with Crippen LogP contribution in [0.25, 0.3) is 0 Å². The fourth-order valence-corrected chi connectivity index (χ4v) is 3.56. The lowest BCUT2D eigenvalue weighted by Crippen LogP contribution is -2.18. The summed E-state index contributed by atoms with van der Waals surface area (Å²) < 4.78 is 10.2. The van der Waals surface area contributed by atoms with Gasteiger partial charge in [0.1, 0.15) is 0 Å². The van der Waals surface area contributed by atoms with Gasteiger partial charge in [0, 0.05) is 0 Å². The highest BCUT2D eigenvalue weighted by Crippen LogP contribution is 2.31. The van der Waals surface area contributed by atoms with Gasteiger partial charge in [0.2, 0.25) is 0 Å². The van der Waals surface area contributed by atoms with Gasteiger partial charge >= 0.3 is 23.9 Å². The highest BCUT2D eigenvalue weighted by molar-refractivity contribution is 6.04. The van der Waals surface area contributed by atoms with Gasteiger partial charge < -0.3 is 19.7 Å². The van der Waals surface area contributed by atoms with Crippen LogP contribution in [0.15, 0.2) is 36.4 Å². The van der Waals surface area contributed by atoms with Gasteiger partial charge in [0.05, 0.1) is 34.5 Å². The van der Waals surface area contributed by atoms with E-state index in [1.54, 1.807) is 58.0 Å². The van der Waals surface area contributed by atoms with Crippen LogP contribution in [0.2, 0.25) is 0 Å². The number of benzene rings is 2. The number of esters is 2. The van der Waals surface area contributed by atoms with Crippen LogP contribution in [0.4, 0.5) is 0 Å². The summed E-state index contributed by atoms with van der Waals surface area (Å²) >= 11 is 0. The Balaban J connectivity index is 0.000000360. The largest absolute Gasteiger partial charge is 0.478 e. The maximum absolute atomic E-state index is 11.8. The molecule has 0 aliphatic heterocycles. The van der Waals surface area contributed by atoms with E-state index in [1.165, 1.54) is 6.07 Å². The molecule has 0 saturated heterocycles. The standard InChI is InChI=1S/2C14H18O4/c1-9(2)17-13(15)11-7-5-6-8-12(11)14(16)18-10(3)4;1-7(2)9-5-6-10(13(15)16)12(14(17)18)11(9)8(3)4/h5-10H,1-4H3;5-8H,1-4H3,(H,15,16)(H,17,18). The molecule has 0 heterocycles. The number of carbonyl (C=O) groups excluding carboxylic acids is 2. The van der Waals surface area contributed by atoms with Crippen molar-refractivity contribution in [2.24, 2.45) is 0 Å². The highest BCUT2D eigenvalue weighted by atomic mass is 16.5. The topological polar surface area (TPSA) is 127 Å². The van der Waals surface area contributed by atoms with Crippen molar-refractivity contribution in [3.63, 3.8) is 0 Å². The summed E-state index contributed by atoms with van der Waals surface area (Å²) in [6.45, 7) is 14.7. The summed E-state index contributed by atoms with van der Waals surface area (Å²) in [5, 5.41) is 18.4. The Hall–Kier alpha value is -3.68. The second-order valence-electron chi connectivity index (χ2n) is 9.36. The van der Waals surface area contributed by atoms with Gasteiger partial charge in [0.15, 0.2) is 0 Å². The third-order valence-corrected chi connectivity index (χ3v) is 4.98. The Morgan fingerprint density at radius 3 is 1.36 bits per heavy atom. The molecule has 0 amide bonds. The van der Waals surface area contributed by atoms with Crippen LogP contribution in [0.1, 0.15) is 120 Å². The quantitative estimate of drug-likeness (QED) is 0.413. The molecule has 0 aliphatic carbocycles. The number of carboxylic acid groups (broad SMARTS) is 2. The Bertz CT molecular complexity index is 1060. The van der Waals surface area contributed by atoms with Gasteiger partial charge in [-0.15, -0.1) is 0 Å². The van der Waals surface area contributed by atoms with Gasteiger partial charge in [-0.1, -0.05) is 45.9 Å². The average molecular weight is 501 g/mol. The minimum atomic E-state index is -1.20. The average Bonchev–Trinajstić information content (AvgIpc) is 2.77. The number of carboxylic acids is 2. The molecule has 0 fully saturated rings. The molecule has 0 unspecified atom stereocenters. The molecule has 36 heavy (non-hydrogen) atoms. The molecule has 0 atom stereocenters. The number of ether oxygens (including phenoxy) is 2. The van der Waals surface area contributed by atoms with Crippen molar-refractivity contribution >= 4 is 23.9 Å². The number of aromatic carboxylic acids is 2. The first-order valence-corrected chi connectivity index (χ1v) is 11.8. The molecule has 2 aromatic carbocycles. The summed E-state index contributed by atoms with van der Waals surface area (Å²) in [6.07, 6.45) is -0.460. The van der Waals surface area contributed by atoms with E-state index in [9.17, 15) is 24.3 Å². The van der Waals surface area contributed by atoms with Gasteiger partial charge in [-0.25, -0.2) is 19.2 Å². The molecule has 0 aliphatic rings. The lowest BCUT2D eigenvalue weighted by Gasteiger charge is -2.19. The minimum Gasteiger partial charge on any atom is -0.478 e. The van der Waals surface area contributed by atoms with Gasteiger partial charge in [-0.3, -0.25) is 0 Å². The van der Waals surface area contributed by atoms with Gasteiger partial charge in [-0.05, 0) is 68.9 Å². The van der Waals surface area contributed by atoms with Crippen LogP contribution < -0.4 is 0 Å². The molecule has 8 nitrogen and oxygen atoms in total. The molecule has 8 heteroatoms. The zero-order valence-corrected chi connectivity index (χ0v) is 22.1. The van der Waals surface area contributed by atoms with E-state index in [4.69, 9.17) is 14.6 Å². The fraction of sp³-hybridized carbons (Fsp3) is 0.429. The Labute approximate surface area is 212 Å². The van der Waals surface area contributed by atoms with E-state index in [2.05, 4.69) is 0 Å². The van der Waals surface area contributed by atoms with E-state index in [0.29, 0.717) is 5.56 Å². The lowest BCUT2D eigenvalue weighted by atomic mass is 9.84. The minimum absolute atomic E-state index is 0.0344. The molecular weight excluding hydrogens is 464 g/mol. The fourth-order valence-electron chi connectivity index (χ4n) is 3.56. The third kappa shape index (κ3) is 8.22. The van der Waals surface area contributed by atoms with Crippen LogP contribution in [-0.4, -0.2) is 46.3 Å². The first-order chi connectivity index (χ1) is 16.7. The summed E-state index contributed by atoms with van der Waals surface area (Å²) in [5.74, 6) is -3.29. The molecule has 0 saturated carbocycles. The summed E-state index contributed by atoms with van der Waals surface area (Å²) in [5.41, 5.74) is 1.76. The smallest absolute Gasteiger partial charge is 0.339 e. The van der Waals surface area contributed by atoms with Crippen molar-refractivity contribution in [2.45, 2.75) is 79.4 Å². The second-order valence-corrected chi connectivity index (χ2v) is 9.36. The summed E-state index contributed by atoms with van der Waals surface area (Å²) in [7, 11) is 0. The predicted octanol–water partition coefficient (Wildman–Crippen LogP) is 6.15. The van der Waals surface area contributed by atoms with Gasteiger partial charge in [0.25, 0.3) is 0 Å². The van der Waals surface area contributed by atoms with E-state index in [1.807, 2.05) is 27.7 Å². The van der Waals surface area contributed by atoms with Crippen LogP contribution in [-0.2, 0) is 9.47 Å². The Kier molecular flexibility index (Phi) is 11.3. The van der Waals surface area contributed by atoms with Crippen LogP contribution in [0, 0.1) is 0 Å². The second kappa shape index (κ2) is 13.4. The Morgan fingerprint density at radius 2 is 1.06 bits per heavy atom. The van der Waals surface area contributed by atoms with Crippen molar-refractivity contribution in [1.82, 2.24) is 0 Å². The van der Waals surface area contributed by atoms with E-state index in [-0.39, 0.29) is 46.3 Å². The van der Waals surface area contributed by atoms with Crippen molar-refractivity contribution < 1.29 is 38.9 Å². The molecular formula is C28H36O8. The molecule has 0 bridgehead atoms. The van der Waals surface area contributed by atoms with E-state index in [0.717, 1.165) is 5.56 Å². The number of rotatable bonds is 8. The van der Waals surface area contributed by atoms with Gasteiger partial charge in [-0.2, -0.15) is 0 Å². The maximum Gasteiger partial charge on any atom is 0.339 e. The normalized spacial score (nSPS) is 10.8. The maximum atomic E-state index is 11.8. The number of hydrogen-bond acceptors (Lipinski definition) is 6. The molecule has 2 N–H and O–H groups in total. The van der Waals surface area contributed by atoms with Crippen LogP contribution in [0.5, 0.6) is 0 Å². The molecule has 2 aromatic rings. The number of carbonyl (C=O) groups is 4. The molecule has 0 radical (unpaired) electrons. The van der Waals surface area contributed by atoms with Crippen molar-refractivity contribution in [3.8, 4) is 0 Å². The monoisotopic (exact) mass is 500 g/mol. The molecule has 0 spiro atoms. The zero-order valence-electron chi connectivity index (χ0n) is 22.1. The molecule has 2 rings (SSSR count). The van der Waals surface area contributed by atoms with Crippen molar-refractivity contribution in [3.05, 3.63) is 69.8 Å². The SMILES string of the molecule is CC(C)OC(=O)c1ccccc1C(=O)OC(C)C.CC(C)c1ccc(C(=O)O)c(C(=O)O)c1C(C)C. The first kappa shape index (κ1) is 30.4. The first-order valence-electron chi connectivity index (χ1n) is 11.8. The summed E-state index contributed by atoms with van der Waals surface area (Å²) in [6, 6.07) is 9.58. The molecule has 196 valence electrons. The number of hydrogen-bond donors (Lipinski definition) is 2. The molecule has 0 aromatic heterocycles.